The predicted molar refractivity (Wildman–Crippen MR) is 52.6 cm³/mol. The van der Waals surface area contributed by atoms with Crippen molar-refractivity contribution >= 4 is 5.97 Å². The van der Waals surface area contributed by atoms with Crippen LogP contribution in [0, 0.1) is 5.41 Å². The van der Waals surface area contributed by atoms with E-state index in [4.69, 9.17) is 10.8 Å². The van der Waals surface area contributed by atoms with Gasteiger partial charge in [-0.05, 0) is 5.41 Å². The molecule has 78 valence electrons. The van der Waals surface area contributed by atoms with Crippen molar-refractivity contribution < 1.29 is 9.90 Å². The summed E-state index contributed by atoms with van der Waals surface area (Å²) in [6.45, 7) is 7.75. The molecule has 0 bridgehead atoms. The summed E-state index contributed by atoms with van der Waals surface area (Å²) < 4.78 is 0. The molecule has 0 saturated heterocycles. The van der Waals surface area contributed by atoms with E-state index in [1.54, 1.807) is 0 Å². The summed E-state index contributed by atoms with van der Waals surface area (Å²) in [6.07, 6.45) is 0.0249. The quantitative estimate of drug-likeness (QED) is 0.584. The molecule has 4 heteroatoms. The van der Waals surface area contributed by atoms with Crippen LogP contribution in [-0.4, -0.2) is 30.2 Å². The largest absolute Gasteiger partial charge is 0.481 e. The zero-order valence-corrected chi connectivity index (χ0v) is 8.63. The third kappa shape index (κ3) is 9.30. The van der Waals surface area contributed by atoms with E-state index >= 15 is 0 Å². The van der Waals surface area contributed by atoms with Crippen LogP contribution in [0.5, 0.6) is 0 Å². The average Bonchev–Trinajstić information content (AvgIpc) is 1.81. The number of carbonyl (C=O) groups is 1. The average molecular weight is 188 g/mol. The van der Waals surface area contributed by atoms with Crippen molar-refractivity contribution in [2.45, 2.75) is 33.2 Å². The first-order chi connectivity index (χ1) is 5.81. The second kappa shape index (κ2) is 5.19. The van der Waals surface area contributed by atoms with Gasteiger partial charge in [-0.15, -0.1) is 0 Å². The molecule has 0 aliphatic heterocycles. The maximum absolute atomic E-state index is 10.3. The molecule has 0 heterocycles. The van der Waals surface area contributed by atoms with Gasteiger partial charge in [-0.25, -0.2) is 0 Å². The molecule has 0 fully saturated rings. The second-order valence-electron chi connectivity index (χ2n) is 4.55. The minimum Gasteiger partial charge on any atom is -0.481 e. The van der Waals surface area contributed by atoms with Gasteiger partial charge in [0.25, 0.3) is 0 Å². The summed E-state index contributed by atoms with van der Waals surface area (Å²) in [5.74, 6) is -0.843. The zero-order valence-electron chi connectivity index (χ0n) is 8.63. The van der Waals surface area contributed by atoms with Crippen molar-refractivity contribution in [2.24, 2.45) is 11.1 Å². The highest BCUT2D eigenvalue weighted by atomic mass is 16.4. The Labute approximate surface area is 79.5 Å². The monoisotopic (exact) mass is 188 g/mol. The van der Waals surface area contributed by atoms with E-state index in [0.717, 1.165) is 6.54 Å². The molecule has 0 amide bonds. The van der Waals surface area contributed by atoms with Gasteiger partial charge in [-0.2, -0.15) is 0 Å². The van der Waals surface area contributed by atoms with Crippen LogP contribution >= 0.6 is 0 Å². The molecule has 1 unspecified atom stereocenters. The lowest BCUT2D eigenvalue weighted by molar-refractivity contribution is -0.137. The van der Waals surface area contributed by atoms with Crippen LogP contribution in [0.15, 0.2) is 0 Å². The minimum atomic E-state index is -0.843. The summed E-state index contributed by atoms with van der Waals surface area (Å²) in [5.41, 5.74) is 5.77. The number of carboxylic acid groups (broad SMARTS) is 1. The van der Waals surface area contributed by atoms with Crippen LogP contribution in [0.25, 0.3) is 0 Å². The van der Waals surface area contributed by atoms with Gasteiger partial charge >= 0.3 is 5.97 Å². The maximum atomic E-state index is 10.3. The summed E-state index contributed by atoms with van der Waals surface area (Å²) in [4.78, 5) is 10.3. The number of nitrogens with one attached hydrogen (secondary N) is 1. The molecule has 0 aromatic heterocycles. The van der Waals surface area contributed by atoms with Gasteiger partial charge in [-0.3, -0.25) is 4.79 Å². The topological polar surface area (TPSA) is 75.3 Å². The third-order valence-corrected chi connectivity index (χ3v) is 1.50. The highest BCUT2D eigenvalue weighted by Gasteiger charge is 2.11. The molecular weight excluding hydrogens is 168 g/mol. The number of carboxylic acids is 1. The first-order valence-electron chi connectivity index (χ1n) is 4.49. The van der Waals surface area contributed by atoms with Gasteiger partial charge in [0.05, 0.1) is 6.42 Å². The Balaban J connectivity index is 3.48. The Hall–Kier alpha value is -0.610. The van der Waals surface area contributed by atoms with Crippen molar-refractivity contribution in [3.05, 3.63) is 0 Å². The van der Waals surface area contributed by atoms with Crippen LogP contribution in [0.2, 0.25) is 0 Å². The lowest BCUT2D eigenvalue weighted by Gasteiger charge is -2.20. The van der Waals surface area contributed by atoms with Crippen molar-refractivity contribution in [2.75, 3.05) is 13.1 Å². The fourth-order valence-corrected chi connectivity index (χ4v) is 0.929. The number of rotatable bonds is 5. The number of hydrogen-bond donors (Lipinski definition) is 3. The highest BCUT2D eigenvalue weighted by Crippen LogP contribution is 2.09. The van der Waals surface area contributed by atoms with Crippen LogP contribution in [0.3, 0.4) is 0 Å². The molecule has 0 rings (SSSR count). The predicted octanol–water partition coefficient (Wildman–Crippen LogP) is 0.424. The fourth-order valence-electron chi connectivity index (χ4n) is 0.929. The van der Waals surface area contributed by atoms with E-state index in [2.05, 4.69) is 26.1 Å². The SMILES string of the molecule is CC(C)(C)CNCC(N)CC(=O)O. The third-order valence-electron chi connectivity index (χ3n) is 1.50. The molecule has 1 atom stereocenters. The van der Waals surface area contributed by atoms with Gasteiger partial charge in [0.2, 0.25) is 0 Å². The zero-order chi connectivity index (χ0) is 10.5. The lowest BCUT2D eigenvalue weighted by Crippen LogP contribution is -2.38. The van der Waals surface area contributed by atoms with Gasteiger partial charge < -0.3 is 16.2 Å². The Morgan fingerprint density at radius 2 is 2.08 bits per heavy atom. The van der Waals surface area contributed by atoms with Crippen molar-refractivity contribution in [3.8, 4) is 0 Å². The smallest absolute Gasteiger partial charge is 0.304 e. The summed E-state index contributed by atoms with van der Waals surface area (Å²) in [7, 11) is 0. The molecule has 0 aromatic rings. The summed E-state index contributed by atoms with van der Waals surface area (Å²) in [5, 5.41) is 11.6. The van der Waals surface area contributed by atoms with Gasteiger partial charge in [0, 0.05) is 19.1 Å². The maximum Gasteiger partial charge on any atom is 0.304 e. The molecule has 0 radical (unpaired) electrons. The number of nitrogens with two attached hydrogens (primary N) is 1. The Morgan fingerprint density at radius 1 is 1.54 bits per heavy atom. The van der Waals surface area contributed by atoms with Gasteiger partial charge in [0.15, 0.2) is 0 Å². The first kappa shape index (κ1) is 12.4. The molecule has 13 heavy (non-hydrogen) atoms. The Kier molecular flexibility index (Phi) is 4.95. The van der Waals surface area contributed by atoms with Crippen molar-refractivity contribution in [1.29, 1.82) is 0 Å². The van der Waals surface area contributed by atoms with Crippen LogP contribution in [-0.2, 0) is 4.79 Å². The molecule has 0 saturated carbocycles. The molecule has 0 spiro atoms. The second-order valence-corrected chi connectivity index (χ2v) is 4.55. The standard InChI is InChI=1S/C9H20N2O2/c1-9(2,3)6-11-5-7(10)4-8(12)13/h7,11H,4-6,10H2,1-3H3,(H,12,13). The molecule has 0 aliphatic rings. The molecule has 0 aromatic carbocycles. The van der Waals surface area contributed by atoms with Crippen molar-refractivity contribution in [1.82, 2.24) is 5.32 Å². The van der Waals surface area contributed by atoms with E-state index in [-0.39, 0.29) is 17.9 Å². The van der Waals surface area contributed by atoms with Crippen LogP contribution in [0.4, 0.5) is 0 Å². The number of aliphatic carboxylic acids is 1. The molecule has 0 aliphatic carbocycles. The molecular formula is C9H20N2O2. The van der Waals surface area contributed by atoms with Gasteiger partial charge in [-0.1, -0.05) is 20.8 Å². The molecule has 4 nitrogen and oxygen atoms in total. The minimum absolute atomic E-state index is 0.0249. The lowest BCUT2D eigenvalue weighted by atomic mass is 9.97. The normalized spacial score (nSPS) is 14.2. The first-order valence-corrected chi connectivity index (χ1v) is 4.49. The van der Waals surface area contributed by atoms with Gasteiger partial charge in [0.1, 0.15) is 0 Å². The van der Waals surface area contributed by atoms with E-state index in [9.17, 15) is 4.79 Å². The number of hydrogen-bond acceptors (Lipinski definition) is 3. The highest BCUT2D eigenvalue weighted by molar-refractivity contribution is 5.67. The summed E-state index contributed by atoms with van der Waals surface area (Å²) in [6, 6.07) is -0.292. The van der Waals surface area contributed by atoms with Crippen molar-refractivity contribution in [3.63, 3.8) is 0 Å². The van der Waals surface area contributed by atoms with E-state index < -0.39 is 5.97 Å². The Morgan fingerprint density at radius 3 is 2.46 bits per heavy atom. The summed E-state index contributed by atoms with van der Waals surface area (Å²) >= 11 is 0. The van der Waals surface area contributed by atoms with E-state index in [1.165, 1.54) is 0 Å². The Bertz CT molecular complexity index is 163. The van der Waals surface area contributed by atoms with E-state index in [1.807, 2.05) is 0 Å². The van der Waals surface area contributed by atoms with E-state index in [0.29, 0.717) is 6.54 Å². The fraction of sp³-hybridized carbons (Fsp3) is 0.889. The molecule has 4 N–H and O–H groups in total. The van der Waals surface area contributed by atoms with Crippen LogP contribution < -0.4 is 11.1 Å². The van der Waals surface area contributed by atoms with Crippen LogP contribution in [0.1, 0.15) is 27.2 Å².